The maximum absolute atomic E-state index is 5.69. The minimum atomic E-state index is 0.874. The molecule has 0 fully saturated rings. The Labute approximate surface area is 66.9 Å². The van der Waals surface area contributed by atoms with Crippen molar-refractivity contribution in [2.45, 2.75) is 13.8 Å². The van der Waals surface area contributed by atoms with Crippen LogP contribution in [0.4, 0.5) is 0 Å². The second-order valence-corrected chi connectivity index (χ2v) is 2.56. The third-order valence-corrected chi connectivity index (χ3v) is 1.70. The lowest BCUT2D eigenvalue weighted by atomic mass is 10.2. The van der Waals surface area contributed by atoms with Gasteiger partial charge in [0.05, 0.1) is 0 Å². The molecule has 0 unspecified atom stereocenters. The first-order valence-electron chi connectivity index (χ1n) is 3.73. The molecule has 1 rings (SSSR count). The maximum Gasteiger partial charge on any atom is 0.0128 e. The van der Waals surface area contributed by atoms with Crippen LogP contribution in [0.25, 0.3) is 11.8 Å². The molecule has 0 aliphatic carbocycles. The maximum atomic E-state index is 5.69. The summed E-state index contributed by atoms with van der Waals surface area (Å²) in [6.07, 6.45) is 2.06. The van der Waals surface area contributed by atoms with Crippen LogP contribution in [0.2, 0.25) is 0 Å². The van der Waals surface area contributed by atoms with Crippen LogP contribution < -0.4 is 16.2 Å². The second-order valence-electron chi connectivity index (χ2n) is 2.56. The lowest BCUT2D eigenvalue weighted by Gasteiger charge is -1.91. The van der Waals surface area contributed by atoms with Crippen molar-refractivity contribution in [2.75, 3.05) is 0 Å². The van der Waals surface area contributed by atoms with E-state index in [-0.39, 0.29) is 0 Å². The lowest BCUT2D eigenvalue weighted by molar-refractivity contribution is 1.40. The summed E-state index contributed by atoms with van der Waals surface area (Å²) in [7, 11) is 0. The van der Waals surface area contributed by atoms with Gasteiger partial charge in [-0.25, -0.2) is 0 Å². The van der Waals surface area contributed by atoms with Gasteiger partial charge in [0.2, 0.25) is 0 Å². The first-order chi connectivity index (χ1) is 5.25. The molecule has 0 bridgehead atoms. The Hall–Kier alpha value is -1.24. The number of hydrogen-bond acceptors (Lipinski definition) is 1. The van der Waals surface area contributed by atoms with Crippen LogP contribution in [0.3, 0.4) is 0 Å². The van der Waals surface area contributed by atoms with Gasteiger partial charge in [0.15, 0.2) is 0 Å². The van der Waals surface area contributed by atoms with Crippen LogP contribution in [-0.2, 0) is 0 Å². The molecule has 0 spiro atoms. The summed E-state index contributed by atoms with van der Waals surface area (Å²) in [5.74, 6) is 0. The number of rotatable bonds is 0. The summed E-state index contributed by atoms with van der Waals surface area (Å²) in [6.45, 7) is 3.93. The summed E-state index contributed by atoms with van der Waals surface area (Å²) < 4.78 is 0. The molecule has 11 heavy (non-hydrogen) atoms. The zero-order valence-corrected chi connectivity index (χ0v) is 6.96. The SMILES string of the molecule is C/C=c1/cccc/c1=C(/C)N. The van der Waals surface area contributed by atoms with Gasteiger partial charge in [-0.1, -0.05) is 30.3 Å². The van der Waals surface area contributed by atoms with Crippen molar-refractivity contribution < 1.29 is 0 Å². The van der Waals surface area contributed by atoms with Crippen LogP contribution in [0.5, 0.6) is 0 Å². The highest BCUT2D eigenvalue weighted by atomic mass is 14.5. The Bertz CT molecular complexity index is 345. The Morgan fingerprint density at radius 1 is 1.36 bits per heavy atom. The minimum Gasteiger partial charge on any atom is -0.402 e. The van der Waals surface area contributed by atoms with Crippen LogP contribution in [-0.4, -0.2) is 0 Å². The van der Waals surface area contributed by atoms with Crippen LogP contribution in [0.15, 0.2) is 24.3 Å². The summed E-state index contributed by atoms with van der Waals surface area (Å²) in [5, 5.41) is 2.34. The van der Waals surface area contributed by atoms with Crippen molar-refractivity contribution in [3.63, 3.8) is 0 Å². The highest BCUT2D eigenvalue weighted by Gasteiger charge is 1.83. The van der Waals surface area contributed by atoms with Crippen molar-refractivity contribution in [1.29, 1.82) is 0 Å². The molecule has 0 aromatic heterocycles. The molecule has 0 radical (unpaired) electrons. The van der Waals surface area contributed by atoms with Crippen molar-refractivity contribution in [2.24, 2.45) is 5.73 Å². The predicted octanol–water partition coefficient (Wildman–Crippen LogP) is 0.574. The Balaban J connectivity index is 3.64. The molecule has 0 aliphatic rings. The molecule has 0 heterocycles. The van der Waals surface area contributed by atoms with Gasteiger partial charge in [-0.3, -0.25) is 0 Å². The minimum absolute atomic E-state index is 0.874. The van der Waals surface area contributed by atoms with Gasteiger partial charge < -0.3 is 5.73 Å². The molecule has 2 N–H and O–H groups in total. The number of hydrogen-bond donors (Lipinski definition) is 1. The van der Waals surface area contributed by atoms with Gasteiger partial charge in [0.1, 0.15) is 0 Å². The van der Waals surface area contributed by atoms with Crippen molar-refractivity contribution in [1.82, 2.24) is 0 Å². The summed E-state index contributed by atoms with van der Waals surface area (Å²) >= 11 is 0. The molecule has 0 saturated heterocycles. The van der Waals surface area contributed by atoms with E-state index in [4.69, 9.17) is 5.73 Å². The second kappa shape index (κ2) is 3.24. The fourth-order valence-electron chi connectivity index (χ4n) is 1.11. The average Bonchev–Trinajstić information content (AvgIpc) is 2.04. The van der Waals surface area contributed by atoms with E-state index < -0.39 is 0 Å². The molecule has 1 nitrogen and oxygen atoms in total. The van der Waals surface area contributed by atoms with Gasteiger partial charge >= 0.3 is 0 Å². The van der Waals surface area contributed by atoms with Crippen LogP contribution >= 0.6 is 0 Å². The Kier molecular flexibility index (Phi) is 2.32. The molecule has 1 aromatic carbocycles. The van der Waals surface area contributed by atoms with Gasteiger partial charge in [0.25, 0.3) is 0 Å². The van der Waals surface area contributed by atoms with Gasteiger partial charge in [-0.15, -0.1) is 0 Å². The van der Waals surface area contributed by atoms with Crippen LogP contribution in [0.1, 0.15) is 13.8 Å². The molecule has 0 atom stereocenters. The van der Waals surface area contributed by atoms with E-state index in [9.17, 15) is 0 Å². The van der Waals surface area contributed by atoms with Crippen molar-refractivity contribution in [3.05, 3.63) is 34.7 Å². The fourth-order valence-corrected chi connectivity index (χ4v) is 1.11. The fraction of sp³-hybridized carbons (Fsp3) is 0.200. The normalized spacial score (nSPS) is 14.9. The van der Waals surface area contributed by atoms with E-state index in [1.54, 1.807) is 0 Å². The van der Waals surface area contributed by atoms with E-state index in [1.807, 2.05) is 32.0 Å². The molecular formula is C10H13N. The first-order valence-corrected chi connectivity index (χ1v) is 3.73. The first kappa shape index (κ1) is 7.86. The monoisotopic (exact) mass is 147 g/mol. The summed E-state index contributed by atoms with van der Waals surface area (Å²) in [4.78, 5) is 0. The number of nitrogens with two attached hydrogens (primary N) is 1. The van der Waals surface area contributed by atoms with E-state index in [0.29, 0.717) is 0 Å². The molecular weight excluding hydrogens is 134 g/mol. The Morgan fingerprint density at radius 3 is 2.45 bits per heavy atom. The van der Waals surface area contributed by atoms with E-state index in [2.05, 4.69) is 12.1 Å². The zero-order chi connectivity index (χ0) is 8.27. The van der Waals surface area contributed by atoms with Crippen molar-refractivity contribution in [3.8, 4) is 0 Å². The number of benzene rings is 1. The lowest BCUT2D eigenvalue weighted by Crippen LogP contribution is -2.27. The average molecular weight is 147 g/mol. The quantitative estimate of drug-likeness (QED) is 0.570. The molecule has 58 valence electrons. The smallest absolute Gasteiger partial charge is 0.0128 e. The van der Waals surface area contributed by atoms with Gasteiger partial charge in [-0.05, 0) is 24.3 Å². The van der Waals surface area contributed by atoms with Gasteiger partial charge in [0, 0.05) is 5.70 Å². The van der Waals surface area contributed by atoms with E-state index >= 15 is 0 Å². The standard InChI is InChI=1S/C10H13N/c1-3-9-6-4-5-7-10(9)8(2)11/h3-7H,11H2,1-2H3/b9-3-,10-8+. The molecule has 1 aromatic rings. The topological polar surface area (TPSA) is 26.0 Å². The highest BCUT2D eigenvalue weighted by molar-refractivity contribution is 5.39. The summed E-state index contributed by atoms with van der Waals surface area (Å²) in [5.41, 5.74) is 6.56. The third kappa shape index (κ3) is 1.61. The summed E-state index contributed by atoms with van der Waals surface area (Å²) in [6, 6.07) is 8.11. The molecule has 1 heteroatoms. The highest BCUT2D eigenvalue weighted by Crippen LogP contribution is 1.75. The van der Waals surface area contributed by atoms with Crippen LogP contribution in [0, 0.1) is 0 Å². The Morgan fingerprint density at radius 2 is 2.00 bits per heavy atom. The third-order valence-electron chi connectivity index (χ3n) is 1.70. The zero-order valence-electron chi connectivity index (χ0n) is 6.96. The molecule has 0 amide bonds. The van der Waals surface area contributed by atoms with E-state index in [0.717, 1.165) is 10.9 Å². The predicted molar refractivity (Wildman–Crippen MR) is 49.1 cm³/mol. The molecule has 0 saturated carbocycles. The largest absolute Gasteiger partial charge is 0.402 e. The van der Waals surface area contributed by atoms with Gasteiger partial charge in [-0.2, -0.15) is 0 Å². The molecule has 0 aliphatic heterocycles. The van der Waals surface area contributed by atoms with Crippen molar-refractivity contribution >= 4 is 11.8 Å². The van der Waals surface area contributed by atoms with E-state index in [1.165, 1.54) is 5.22 Å².